The van der Waals surface area contributed by atoms with Gasteiger partial charge in [-0.15, -0.1) is 12.4 Å². The zero-order valence-electron chi connectivity index (χ0n) is 24.8. The third kappa shape index (κ3) is 9.48. The SMILES string of the molecule is Cc1cccc(COCc2ccccc2)c1-c1cc(OC[C@H](N)CC(C)C)nc(NS(=O)(=O)c2cccc(C(=O)O)c2)n1.Cl. The molecule has 0 radical (unpaired) electrons. The highest BCUT2D eigenvalue weighted by Gasteiger charge is 2.21. The van der Waals surface area contributed by atoms with Crippen molar-refractivity contribution in [2.24, 2.45) is 11.7 Å². The number of aromatic nitrogens is 2. The highest BCUT2D eigenvalue weighted by molar-refractivity contribution is 7.92. The summed E-state index contributed by atoms with van der Waals surface area (Å²) in [5, 5.41) is 9.32. The van der Waals surface area contributed by atoms with Gasteiger partial charge in [-0.1, -0.05) is 68.4 Å². The van der Waals surface area contributed by atoms with Crippen molar-refractivity contribution in [1.29, 1.82) is 0 Å². The molecule has 0 aliphatic heterocycles. The standard InChI is InChI=1S/C32H36N4O6S.ClH/c1-21(2)15-26(33)20-42-29-17-28(30-22(3)9-7-13-25(30)19-41-18-23-10-5-4-6-11-23)34-32(35-29)36-43(39,40)27-14-8-12-24(16-27)31(37)38;/h4-14,16-17,21,26H,15,18-20,33H2,1-3H3,(H,37,38)(H,34,35,36);1H/t26-;/m1./s1. The van der Waals surface area contributed by atoms with Crippen LogP contribution in [0.2, 0.25) is 0 Å². The van der Waals surface area contributed by atoms with Crippen LogP contribution in [-0.4, -0.2) is 42.1 Å². The third-order valence-electron chi connectivity index (χ3n) is 6.52. The van der Waals surface area contributed by atoms with E-state index in [9.17, 15) is 18.3 Å². The summed E-state index contributed by atoms with van der Waals surface area (Å²) in [6.07, 6.45) is 0.734. The van der Waals surface area contributed by atoms with Gasteiger partial charge in [0, 0.05) is 17.7 Å². The summed E-state index contributed by atoms with van der Waals surface area (Å²) in [6, 6.07) is 22.0. The molecule has 0 saturated heterocycles. The molecule has 0 fully saturated rings. The average molecular weight is 641 g/mol. The van der Waals surface area contributed by atoms with Gasteiger partial charge in [0.25, 0.3) is 10.0 Å². The van der Waals surface area contributed by atoms with E-state index in [-0.39, 0.29) is 53.9 Å². The number of sulfonamides is 1. The third-order valence-corrected chi connectivity index (χ3v) is 7.85. The van der Waals surface area contributed by atoms with Crippen molar-refractivity contribution in [1.82, 2.24) is 9.97 Å². The maximum Gasteiger partial charge on any atom is 0.335 e. The number of aryl methyl sites for hydroxylation is 1. The van der Waals surface area contributed by atoms with Crippen LogP contribution in [0.5, 0.6) is 5.88 Å². The summed E-state index contributed by atoms with van der Waals surface area (Å²) >= 11 is 0. The lowest BCUT2D eigenvalue weighted by Crippen LogP contribution is -2.29. The van der Waals surface area contributed by atoms with Gasteiger partial charge in [0.2, 0.25) is 11.8 Å². The quantitative estimate of drug-likeness (QED) is 0.154. The summed E-state index contributed by atoms with van der Waals surface area (Å²) in [4.78, 5) is 20.0. The predicted octanol–water partition coefficient (Wildman–Crippen LogP) is 5.84. The number of nitrogens with one attached hydrogen (secondary N) is 1. The van der Waals surface area contributed by atoms with Gasteiger partial charge in [0.1, 0.15) is 6.61 Å². The van der Waals surface area contributed by atoms with E-state index in [4.69, 9.17) is 15.2 Å². The lowest BCUT2D eigenvalue weighted by molar-refractivity contribution is 0.0696. The summed E-state index contributed by atoms with van der Waals surface area (Å²) in [7, 11) is -4.24. The number of aromatic carboxylic acids is 1. The Balaban J connectivity index is 0.00000529. The Morgan fingerprint density at radius 1 is 0.977 bits per heavy atom. The molecule has 1 aromatic heterocycles. The summed E-state index contributed by atoms with van der Waals surface area (Å²) in [5.41, 5.74) is 10.0. The number of nitrogens with zero attached hydrogens (tertiary/aromatic N) is 2. The van der Waals surface area contributed by atoms with Crippen molar-refractivity contribution in [3.8, 4) is 17.1 Å². The van der Waals surface area contributed by atoms with Gasteiger partial charge >= 0.3 is 5.97 Å². The number of rotatable bonds is 14. The first kappa shape index (κ1) is 34.5. The highest BCUT2D eigenvalue weighted by atomic mass is 35.5. The first-order chi connectivity index (χ1) is 20.5. The van der Waals surface area contributed by atoms with Crippen LogP contribution in [-0.2, 0) is 28.0 Å². The second kappa shape index (κ2) is 15.6. The molecule has 12 heteroatoms. The molecule has 4 rings (SSSR count). The minimum atomic E-state index is -4.24. The molecule has 4 N–H and O–H groups in total. The number of anilines is 1. The van der Waals surface area contributed by atoms with Gasteiger partial charge in [-0.3, -0.25) is 0 Å². The molecule has 4 aromatic rings. The molecule has 0 spiro atoms. The maximum atomic E-state index is 13.3. The van der Waals surface area contributed by atoms with Crippen LogP contribution >= 0.6 is 12.4 Å². The van der Waals surface area contributed by atoms with Crippen LogP contribution in [0.3, 0.4) is 0 Å². The zero-order valence-corrected chi connectivity index (χ0v) is 26.4. The minimum absolute atomic E-state index is 0. The fraction of sp³-hybridized carbons (Fsp3) is 0.281. The molecule has 3 aromatic carbocycles. The van der Waals surface area contributed by atoms with Crippen LogP contribution in [0, 0.1) is 12.8 Å². The van der Waals surface area contributed by atoms with Gasteiger partial charge in [0.15, 0.2) is 0 Å². The fourth-order valence-corrected chi connectivity index (χ4v) is 5.57. The Morgan fingerprint density at radius 3 is 2.41 bits per heavy atom. The number of halogens is 1. The number of hydrogen-bond donors (Lipinski definition) is 3. The van der Waals surface area contributed by atoms with E-state index in [0.29, 0.717) is 18.2 Å². The number of nitrogens with two attached hydrogens (primary N) is 1. The molecule has 44 heavy (non-hydrogen) atoms. The summed E-state index contributed by atoms with van der Waals surface area (Å²) < 4.78 is 40.9. The van der Waals surface area contributed by atoms with E-state index in [1.165, 1.54) is 18.2 Å². The lowest BCUT2D eigenvalue weighted by Gasteiger charge is -2.17. The van der Waals surface area contributed by atoms with Gasteiger partial charge in [-0.05, 0) is 54.2 Å². The van der Waals surface area contributed by atoms with Crippen molar-refractivity contribution in [2.45, 2.75) is 51.3 Å². The number of hydrogen-bond acceptors (Lipinski definition) is 8. The fourth-order valence-electron chi connectivity index (χ4n) is 4.58. The predicted molar refractivity (Wildman–Crippen MR) is 172 cm³/mol. The number of benzene rings is 3. The second-order valence-corrected chi connectivity index (χ2v) is 12.3. The number of ether oxygens (including phenoxy) is 2. The number of carboxylic acid groups (broad SMARTS) is 1. The molecule has 10 nitrogen and oxygen atoms in total. The molecule has 1 atom stereocenters. The Morgan fingerprint density at radius 2 is 1.70 bits per heavy atom. The smallest absolute Gasteiger partial charge is 0.335 e. The van der Waals surface area contributed by atoms with Crippen LogP contribution in [0.1, 0.15) is 47.3 Å². The van der Waals surface area contributed by atoms with Crippen LogP contribution in [0.25, 0.3) is 11.3 Å². The van der Waals surface area contributed by atoms with Gasteiger partial charge in [0.05, 0.1) is 29.4 Å². The zero-order chi connectivity index (χ0) is 31.0. The molecule has 0 unspecified atom stereocenters. The van der Waals surface area contributed by atoms with Crippen LogP contribution in [0.4, 0.5) is 5.95 Å². The van der Waals surface area contributed by atoms with Gasteiger partial charge < -0.3 is 20.3 Å². The minimum Gasteiger partial charge on any atom is -0.478 e. The lowest BCUT2D eigenvalue weighted by atomic mass is 9.99. The van der Waals surface area contributed by atoms with Crippen molar-refractivity contribution >= 4 is 34.3 Å². The Labute approximate surface area is 264 Å². The number of carbonyl (C=O) groups is 1. The molecule has 0 aliphatic carbocycles. The molecule has 1 heterocycles. The molecular formula is C32H37ClN4O6S. The highest BCUT2D eigenvalue weighted by Crippen LogP contribution is 2.30. The normalized spacial score (nSPS) is 11.9. The topological polar surface area (TPSA) is 154 Å². The van der Waals surface area contributed by atoms with E-state index in [1.54, 1.807) is 6.07 Å². The number of carboxylic acids is 1. The Kier molecular flexibility index (Phi) is 12.2. The van der Waals surface area contributed by atoms with E-state index in [2.05, 4.69) is 28.5 Å². The van der Waals surface area contributed by atoms with E-state index in [0.717, 1.165) is 34.7 Å². The Bertz CT molecular complexity index is 1670. The largest absolute Gasteiger partial charge is 0.478 e. The van der Waals surface area contributed by atoms with E-state index in [1.807, 2.05) is 55.5 Å². The molecule has 0 amide bonds. The molecule has 0 bridgehead atoms. The summed E-state index contributed by atoms with van der Waals surface area (Å²) in [6.45, 7) is 6.93. The van der Waals surface area contributed by atoms with Crippen molar-refractivity contribution < 1.29 is 27.8 Å². The Hall–Kier alpha value is -4.03. The van der Waals surface area contributed by atoms with Crippen LogP contribution < -0.4 is 15.2 Å². The van der Waals surface area contributed by atoms with E-state index < -0.39 is 16.0 Å². The summed E-state index contributed by atoms with van der Waals surface area (Å²) in [5.74, 6) is -0.968. The molecule has 234 valence electrons. The van der Waals surface area contributed by atoms with Gasteiger partial charge in [-0.2, -0.15) is 4.98 Å². The average Bonchev–Trinajstić information content (AvgIpc) is 2.96. The second-order valence-electron chi connectivity index (χ2n) is 10.6. The maximum absolute atomic E-state index is 13.3. The first-order valence-corrected chi connectivity index (χ1v) is 15.3. The molecule has 0 saturated carbocycles. The first-order valence-electron chi connectivity index (χ1n) is 13.9. The van der Waals surface area contributed by atoms with Gasteiger partial charge in [-0.25, -0.2) is 22.9 Å². The van der Waals surface area contributed by atoms with E-state index >= 15 is 0 Å². The van der Waals surface area contributed by atoms with Crippen LogP contribution in [0.15, 0.2) is 83.8 Å². The van der Waals surface area contributed by atoms with Crippen molar-refractivity contribution in [3.63, 3.8) is 0 Å². The van der Waals surface area contributed by atoms with Crippen molar-refractivity contribution in [3.05, 3.63) is 101 Å². The molecular weight excluding hydrogens is 604 g/mol. The van der Waals surface area contributed by atoms with Crippen molar-refractivity contribution in [2.75, 3.05) is 11.3 Å². The monoisotopic (exact) mass is 640 g/mol. The molecule has 0 aliphatic rings.